The molecular formula is C17H12N2Se. The van der Waals surface area contributed by atoms with Crippen LogP contribution in [0.5, 0.6) is 0 Å². The molecule has 4 aromatic rings. The zero-order valence-electron chi connectivity index (χ0n) is 13.5. The van der Waals surface area contributed by atoms with Crippen LogP contribution in [0.25, 0.3) is 30.7 Å². The first-order valence-corrected chi connectivity index (χ1v) is 7.99. The van der Waals surface area contributed by atoms with Crippen LogP contribution in [0, 0.1) is 6.85 Å². The summed E-state index contributed by atoms with van der Waals surface area (Å²) in [7, 11) is 0. The summed E-state index contributed by atoms with van der Waals surface area (Å²) in [5.41, 5.74) is 1.41. The van der Waals surface area contributed by atoms with Crippen LogP contribution in [0.1, 0.15) is 9.81 Å². The Morgan fingerprint density at radius 1 is 0.950 bits per heavy atom. The Morgan fingerprint density at radius 3 is 2.85 bits per heavy atom. The molecule has 0 amide bonds. The summed E-state index contributed by atoms with van der Waals surface area (Å²) in [6.45, 7) is -2.21. The molecule has 20 heavy (non-hydrogen) atoms. The fourth-order valence-corrected chi connectivity index (χ4v) is 4.56. The molecule has 4 rings (SSSR count). The second-order valence-corrected chi connectivity index (χ2v) is 6.85. The van der Waals surface area contributed by atoms with E-state index in [2.05, 4.69) is 28.2 Å². The van der Waals surface area contributed by atoms with E-state index in [1.807, 2.05) is 18.3 Å². The molecule has 2 nitrogen and oxygen atoms in total. The number of aryl methyl sites for hydroxylation is 1. The van der Waals surface area contributed by atoms with Crippen molar-refractivity contribution in [3.63, 3.8) is 0 Å². The predicted molar refractivity (Wildman–Crippen MR) is 84.2 cm³/mol. The first kappa shape index (κ1) is 9.06. The number of fused-ring (bicyclic) bond motifs is 3. The van der Waals surface area contributed by atoms with Crippen LogP contribution < -0.4 is 0 Å². The van der Waals surface area contributed by atoms with Gasteiger partial charge in [-0.3, -0.25) is 0 Å². The standard InChI is InChI=1S/C17H12N2Se/c1-11-5-4-7-14(19-11)15-9-13-12-6-2-3-8-16(12)20-17(13)10-18-15/h2-10H,1H3/i1D3. The van der Waals surface area contributed by atoms with E-state index in [9.17, 15) is 0 Å². The second-order valence-electron chi connectivity index (χ2n) is 4.57. The summed E-state index contributed by atoms with van der Waals surface area (Å²) in [5.74, 6) is 0. The molecule has 0 unspecified atom stereocenters. The topological polar surface area (TPSA) is 25.8 Å². The van der Waals surface area contributed by atoms with Crippen LogP contribution in [-0.2, 0) is 0 Å². The van der Waals surface area contributed by atoms with Crippen molar-refractivity contribution in [2.75, 3.05) is 0 Å². The Morgan fingerprint density at radius 2 is 1.90 bits per heavy atom. The fraction of sp³-hybridized carbons (Fsp3) is 0.0588. The first-order chi connectivity index (χ1) is 11.0. The molecule has 0 saturated heterocycles. The van der Waals surface area contributed by atoms with Crippen molar-refractivity contribution < 1.29 is 4.11 Å². The third kappa shape index (κ3) is 1.87. The van der Waals surface area contributed by atoms with Crippen molar-refractivity contribution in [1.29, 1.82) is 0 Å². The molecule has 0 aliphatic rings. The molecule has 0 N–H and O–H groups in total. The molecule has 3 aromatic heterocycles. The summed E-state index contributed by atoms with van der Waals surface area (Å²) in [5, 5.41) is 2.44. The van der Waals surface area contributed by atoms with Crippen LogP contribution in [0.4, 0.5) is 0 Å². The zero-order chi connectivity index (χ0) is 16.0. The number of nitrogens with zero attached hydrogens (tertiary/aromatic N) is 2. The summed E-state index contributed by atoms with van der Waals surface area (Å²) >= 11 is 0.283. The maximum atomic E-state index is 7.50. The van der Waals surface area contributed by atoms with Crippen LogP contribution in [-0.4, -0.2) is 24.5 Å². The number of hydrogen-bond acceptors (Lipinski definition) is 2. The van der Waals surface area contributed by atoms with Crippen LogP contribution in [0.3, 0.4) is 0 Å². The second kappa shape index (κ2) is 4.55. The van der Waals surface area contributed by atoms with Gasteiger partial charge in [0.2, 0.25) is 0 Å². The minimum absolute atomic E-state index is 0.0990. The Balaban J connectivity index is 1.91. The normalized spacial score (nSPS) is 14.1. The van der Waals surface area contributed by atoms with Crippen molar-refractivity contribution in [2.24, 2.45) is 0 Å². The molecule has 0 saturated carbocycles. The van der Waals surface area contributed by atoms with Crippen molar-refractivity contribution >= 4 is 33.8 Å². The van der Waals surface area contributed by atoms with Crippen molar-refractivity contribution in [3.05, 3.63) is 60.4 Å². The van der Waals surface area contributed by atoms with Gasteiger partial charge in [0.05, 0.1) is 0 Å². The molecule has 0 radical (unpaired) electrons. The molecule has 0 aliphatic carbocycles. The predicted octanol–water partition coefficient (Wildman–Crippen LogP) is 3.82. The molecule has 0 bridgehead atoms. The van der Waals surface area contributed by atoms with E-state index in [1.54, 1.807) is 12.1 Å². The molecule has 0 atom stereocenters. The minimum atomic E-state index is -2.21. The van der Waals surface area contributed by atoms with E-state index >= 15 is 0 Å². The molecule has 96 valence electrons. The summed E-state index contributed by atoms with van der Waals surface area (Å²) in [6, 6.07) is 15.4. The Kier molecular flexibility index (Phi) is 2.06. The van der Waals surface area contributed by atoms with Gasteiger partial charge < -0.3 is 0 Å². The van der Waals surface area contributed by atoms with Gasteiger partial charge in [0, 0.05) is 0 Å². The zero-order valence-corrected chi connectivity index (χ0v) is 12.2. The van der Waals surface area contributed by atoms with E-state index in [0.29, 0.717) is 11.4 Å². The van der Waals surface area contributed by atoms with E-state index in [1.165, 1.54) is 25.4 Å². The monoisotopic (exact) mass is 327 g/mol. The summed E-state index contributed by atoms with van der Waals surface area (Å²) in [4.78, 5) is 8.77. The number of aromatic nitrogens is 2. The van der Waals surface area contributed by atoms with E-state index in [0.717, 1.165) is 0 Å². The van der Waals surface area contributed by atoms with Crippen molar-refractivity contribution in [3.8, 4) is 11.4 Å². The van der Waals surface area contributed by atoms with Gasteiger partial charge in [-0.25, -0.2) is 0 Å². The van der Waals surface area contributed by atoms with Gasteiger partial charge >= 0.3 is 127 Å². The Bertz CT molecular complexity index is 1020. The molecule has 3 heteroatoms. The molecular weight excluding hydrogens is 311 g/mol. The van der Waals surface area contributed by atoms with Gasteiger partial charge in [-0.1, -0.05) is 0 Å². The quantitative estimate of drug-likeness (QED) is 0.497. The van der Waals surface area contributed by atoms with Gasteiger partial charge in [-0.2, -0.15) is 0 Å². The number of rotatable bonds is 1. The van der Waals surface area contributed by atoms with Crippen LogP contribution in [0.2, 0.25) is 0 Å². The van der Waals surface area contributed by atoms with Crippen LogP contribution in [0.15, 0.2) is 54.7 Å². The Labute approximate surface area is 127 Å². The molecule has 0 fully saturated rings. The average Bonchev–Trinajstić information content (AvgIpc) is 2.92. The molecule has 0 spiro atoms. The van der Waals surface area contributed by atoms with Gasteiger partial charge in [0.25, 0.3) is 0 Å². The summed E-state index contributed by atoms with van der Waals surface area (Å²) < 4.78 is 25.1. The molecule has 3 heterocycles. The van der Waals surface area contributed by atoms with Gasteiger partial charge in [-0.05, 0) is 0 Å². The van der Waals surface area contributed by atoms with Crippen molar-refractivity contribution in [2.45, 2.75) is 6.85 Å². The van der Waals surface area contributed by atoms with E-state index in [-0.39, 0.29) is 20.2 Å². The Hall–Kier alpha value is -1.96. The van der Waals surface area contributed by atoms with Crippen molar-refractivity contribution in [1.82, 2.24) is 9.97 Å². The molecule has 1 aromatic carbocycles. The number of pyridine rings is 2. The van der Waals surface area contributed by atoms with E-state index < -0.39 is 6.85 Å². The van der Waals surface area contributed by atoms with Gasteiger partial charge in [0.1, 0.15) is 0 Å². The third-order valence-electron chi connectivity index (χ3n) is 3.28. The SMILES string of the molecule is [2H]C([2H])([2H])c1cccc(-c2cc3c(cn2)[se]c2ccccc23)n1. The summed E-state index contributed by atoms with van der Waals surface area (Å²) in [6.07, 6.45) is 1.90. The van der Waals surface area contributed by atoms with Gasteiger partial charge in [0.15, 0.2) is 0 Å². The van der Waals surface area contributed by atoms with Crippen LogP contribution >= 0.6 is 0 Å². The van der Waals surface area contributed by atoms with E-state index in [4.69, 9.17) is 4.11 Å². The number of hydrogen-bond donors (Lipinski definition) is 0. The first-order valence-electron chi connectivity index (χ1n) is 7.77. The fourth-order valence-electron chi connectivity index (χ4n) is 2.35. The maximum absolute atomic E-state index is 7.50. The number of benzene rings is 1. The average molecular weight is 326 g/mol. The molecule has 0 aliphatic heterocycles. The third-order valence-corrected chi connectivity index (χ3v) is 5.63. The van der Waals surface area contributed by atoms with Gasteiger partial charge in [-0.15, -0.1) is 0 Å².